The van der Waals surface area contributed by atoms with Crippen LogP contribution in [-0.2, 0) is 19.2 Å². The van der Waals surface area contributed by atoms with Gasteiger partial charge in [0.15, 0.2) is 14.9 Å². The van der Waals surface area contributed by atoms with Crippen LogP contribution < -0.4 is 14.8 Å². The molecule has 1 amide bonds. The van der Waals surface area contributed by atoms with Gasteiger partial charge in [-0.2, -0.15) is 0 Å². The van der Waals surface area contributed by atoms with Gasteiger partial charge in [-0.3, -0.25) is 9.52 Å². The molecule has 0 saturated carbocycles. The summed E-state index contributed by atoms with van der Waals surface area (Å²) in [4.78, 5) is 12.5. The highest BCUT2D eigenvalue weighted by Crippen LogP contribution is 2.33. The highest BCUT2D eigenvalue weighted by molar-refractivity contribution is 9.10. The Kier molecular flexibility index (Phi) is 10.4. The highest BCUT2D eigenvalue weighted by Gasteiger charge is 2.33. The molecule has 0 aliphatic carbocycles. The third-order valence-electron chi connectivity index (χ3n) is 5.68. The van der Waals surface area contributed by atoms with Gasteiger partial charge in [0.25, 0.3) is 5.91 Å². The van der Waals surface area contributed by atoms with Crippen molar-refractivity contribution in [3.8, 4) is 11.5 Å². The van der Waals surface area contributed by atoms with E-state index in [4.69, 9.17) is 9.16 Å². The molecule has 0 heterocycles. The van der Waals surface area contributed by atoms with Crippen molar-refractivity contribution in [3.63, 3.8) is 0 Å². The summed E-state index contributed by atoms with van der Waals surface area (Å²) in [7, 11) is -5.66. The van der Waals surface area contributed by atoms with E-state index in [2.05, 4.69) is 46.7 Å². The number of anilines is 1. The third-order valence-corrected chi connectivity index (χ3v) is 11.5. The molecule has 0 spiro atoms. The molecule has 11 heteroatoms. The van der Waals surface area contributed by atoms with Crippen molar-refractivity contribution in [1.82, 2.24) is 5.32 Å². The van der Waals surface area contributed by atoms with Gasteiger partial charge in [-0.05, 0) is 60.1 Å². The van der Waals surface area contributed by atoms with Gasteiger partial charge in [-0.1, -0.05) is 42.8 Å². The van der Waals surface area contributed by atoms with Crippen molar-refractivity contribution in [2.45, 2.75) is 45.0 Å². The summed E-state index contributed by atoms with van der Waals surface area (Å²) in [5, 5.41) is 13.0. The Hall–Kier alpha value is -2.08. The van der Waals surface area contributed by atoms with Crippen molar-refractivity contribution in [2.75, 3.05) is 24.1 Å². The first kappa shape index (κ1) is 28.2. The van der Waals surface area contributed by atoms with Crippen LogP contribution in [-0.4, -0.2) is 47.2 Å². The number of aromatic hydroxyl groups is 1. The number of rotatable bonds is 13. The number of phenols is 1. The molecule has 188 valence electrons. The minimum absolute atomic E-state index is 0.0651. The fourth-order valence-corrected chi connectivity index (χ4v) is 7.15. The molecule has 0 fully saturated rings. The first-order valence-electron chi connectivity index (χ1n) is 11.1. The molecule has 0 aromatic heterocycles. The van der Waals surface area contributed by atoms with Gasteiger partial charge in [-0.25, -0.2) is 8.42 Å². The second-order valence-corrected chi connectivity index (χ2v) is 15.4. The van der Waals surface area contributed by atoms with Crippen LogP contribution in [0, 0.1) is 0 Å². The zero-order valence-electron chi connectivity index (χ0n) is 19.9. The molecule has 8 nitrogen and oxygen atoms in total. The van der Waals surface area contributed by atoms with E-state index in [9.17, 15) is 18.3 Å². The van der Waals surface area contributed by atoms with Gasteiger partial charge >= 0.3 is 0 Å². The lowest BCUT2D eigenvalue weighted by Crippen LogP contribution is -2.41. The third kappa shape index (κ3) is 8.61. The molecule has 0 aliphatic heterocycles. The van der Waals surface area contributed by atoms with Crippen molar-refractivity contribution in [2.24, 2.45) is 0 Å². The summed E-state index contributed by atoms with van der Waals surface area (Å²) in [6.07, 6.45) is 0.505. The average Bonchev–Trinajstić information content (AvgIpc) is 2.80. The first-order valence-corrected chi connectivity index (χ1v) is 16.4. The van der Waals surface area contributed by atoms with E-state index < -0.39 is 24.4 Å². The highest BCUT2D eigenvalue weighted by atomic mass is 79.9. The Labute approximate surface area is 211 Å². The molecule has 0 bridgehead atoms. The van der Waals surface area contributed by atoms with Gasteiger partial charge in [0, 0.05) is 11.0 Å². The molecule has 1 atom stereocenters. The fourth-order valence-electron chi connectivity index (χ4n) is 3.50. The molecule has 2 rings (SSSR count). The summed E-state index contributed by atoms with van der Waals surface area (Å²) in [6, 6.07) is 14.5. The van der Waals surface area contributed by atoms with Crippen molar-refractivity contribution in [1.29, 1.82) is 0 Å². The Balaban J connectivity index is 2.20. The summed E-state index contributed by atoms with van der Waals surface area (Å²) < 4.78 is 38.8. The largest absolute Gasteiger partial charge is 0.506 e. The Morgan fingerprint density at radius 1 is 1.09 bits per heavy atom. The van der Waals surface area contributed by atoms with E-state index in [0.29, 0.717) is 11.3 Å². The van der Waals surface area contributed by atoms with Crippen LogP contribution in [0.2, 0.25) is 18.1 Å². The van der Waals surface area contributed by atoms with Crippen LogP contribution in [0.25, 0.3) is 0 Å². The monoisotopic (exact) mass is 572 g/mol. The topological polar surface area (TPSA) is 114 Å². The molecule has 0 radical (unpaired) electrons. The summed E-state index contributed by atoms with van der Waals surface area (Å²) >= 11 is 3.36. The first-order chi connectivity index (χ1) is 16.0. The van der Waals surface area contributed by atoms with Crippen LogP contribution >= 0.6 is 15.9 Å². The Bertz CT molecular complexity index is 1050. The van der Waals surface area contributed by atoms with E-state index in [1.165, 1.54) is 6.07 Å². The predicted octanol–water partition coefficient (Wildman–Crippen LogP) is 4.78. The number of phenolic OH excluding ortho intramolecular Hbond substituents is 1. The lowest BCUT2D eigenvalue weighted by Gasteiger charge is -2.34. The molecule has 2 aromatic carbocycles. The number of benzene rings is 2. The van der Waals surface area contributed by atoms with E-state index in [-0.39, 0.29) is 30.5 Å². The zero-order valence-corrected chi connectivity index (χ0v) is 23.3. The summed E-state index contributed by atoms with van der Waals surface area (Å²) in [5.41, 5.74) is 0.723. The second-order valence-electron chi connectivity index (χ2n) is 8.05. The van der Waals surface area contributed by atoms with Gasteiger partial charge < -0.3 is 19.6 Å². The van der Waals surface area contributed by atoms with Crippen molar-refractivity contribution < 1.29 is 27.5 Å². The van der Waals surface area contributed by atoms with E-state index in [0.717, 1.165) is 28.9 Å². The number of nitrogens with one attached hydrogen (secondary N) is 2. The van der Waals surface area contributed by atoms with Gasteiger partial charge in [-0.15, -0.1) is 0 Å². The van der Waals surface area contributed by atoms with Gasteiger partial charge in [0.05, 0.1) is 18.0 Å². The van der Waals surface area contributed by atoms with Gasteiger partial charge in [0.2, 0.25) is 10.0 Å². The number of hydrogen-bond acceptors (Lipinski definition) is 6. The Morgan fingerprint density at radius 2 is 1.71 bits per heavy atom. The number of sulfonamides is 1. The maximum atomic E-state index is 12.5. The summed E-state index contributed by atoms with van der Waals surface area (Å²) in [5.74, 6) is 0.0851. The quantitative estimate of drug-likeness (QED) is 0.235. The van der Waals surface area contributed by atoms with E-state index in [1.54, 1.807) is 24.3 Å². The molecule has 3 N–H and O–H groups in total. The zero-order chi connectivity index (χ0) is 25.4. The molecule has 1 unspecified atom stereocenters. The minimum Gasteiger partial charge on any atom is -0.506 e. The minimum atomic E-state index is -3.58. The SMILES string of the molecule is CC[Si](CC)(CC)OC(CNC(=O)COc1ccc(Br)cc1)c1ccc(O)c(NS(C)(=O)=O)c1. The number of carbonyl (C=O) groups excluding carboxylic acids is 1. The standard InChI is InChI=1S/C23H33BrN2O6SSi/c1-5-34(6-2,7-3)32-22(17-8-13-21(27)20(14-17)26-33(4,29)30)15-25-23(28)16-31-19-11-9-18(24)10-12-19/h8-14,22,26-27H,5-7,15-16H2,1-4H3,(H,25,28). The van der Waals surface area contributed by atoms with Crippen LogP contribution in [0.1, 0.15) is 32.4 Å². The number of hydrogen-bond donors (Lipinski definition) is 3. The van der Waals surface area contributed by atoms with E-state index >= 15 is 0 Å². The number of ether oxygens (including phenoxy) is 1. The summed E-state index contributed by atoms with van der Waals surface area (Å²) in [6.45, 7) is 6.35. The maximum Gasteiger partial charge on any atom is 0.258 e. The van der Waals surface area contributed by atoms with Crippen molar-refractivity contribution >= 4 is 45.9 Å². The lowest BCUT2D eigenvalue weighted by molar-refractivity contribution is -0.123. The fraction of sp³-hybridized carbons (Fsp3) is 0.435. The average molecular weight is 574 g/mol. The maximum absolute atomic E-state index is 12.5. The smallest absolute Gasteiger partial charge is 0.258 e. The van der Waals surface area contributed by atoms with Crippen LogP contribution in [0.4, 0.5) is 5.69 Å². The van der Waals surface area contributed by atoms with E-state index in [1.807, 2.05) is 12.1 Å². The lowest BCUT2D eigenvalue weighted by atomic mass is 10.1. The normalized spacial score (nSPS) is 12.7. The predicted molar refractivity (Wildman–Crippen MR) is 140 cm³/mol. The molecular weight excluding hydrogens is 540 g/mol. The van der Waals surface area contributed by atoms with Gasteiger partial charge in [0.1, 0.15) is 11.5 Å². The number of halogens is 1. The molecule has 0 saturated heterocycles. The second kappa shape index (κ2) is 12.6. The number of amides is 1. The van der Waals surface area contributed by atoms with Crippen molar-refractivity contribution in [3.05, 3.63) is 52.5 Å². The van der Waals surface area contributed by atoms with Crippen LogP contribution in [0.3, 0.4) is 0 Å². The molecule has 0 aliphatic rings. The van der Waals surface area contributed by atoms with Crippen LogP contribution in [0.5, 0.6) is 11.5 Å². The molecule has 2 aromatic rings. The molecular formula is C23H33BrN2O6SSi. The Morgan fingerprint density at radius 3 is 2.26 bits per heavy atom. The van der Waals surface area contributed by atoms with Crippen LogP contribution in [0.15, 0.2) is 46.9 Å². The molecule has 34 heavy (non-hydrogen) atoms. The number of carbonyl (C=O) groups is 1.